The van der Waals surface area contributed by atoms with Crippen molar-refractivity contribution in [2.75, 3.05) is 0 Å². The third-order valence-electron chi connectivity index (χ3n) is 3.74. The Morgan fingerprint density at radius 1 is 0.931 bits per heavy atom. The second-order valence-electron chi connectivity index (χ2n) is 5.78. The zero-order chi connectivity index (χ0) is 20.9. The Kier molecular flexibility index (Phi) is 6.27. The van der Waals surface area contributed by atoms with Gasteiger partial charge in [0.05, 0.1) is 5.10 Å². The molecule has 29 heavy (non-hydrogen) atoms. The van der Waals surface area contributed by atoms with Crippen molar-refractivity contribution in [1.82, 2.24) is 20.1 Å². The number of fused-ring (bicyclic) bond motifs is 1. The monoisotopic (exact) mass is 413 g/mol. The molecule has 10 heteroatoms. The Bertz CT molecular complexity index is 1090. The summed E-state index contributed by atoms with van der Waals surface area (Å²) >= 11 is 0. The second-order valence-corrected chi connectivity index (χ2v) is 6.54. The summed E-state index contributed by atoms with van der Waals surface area (Å²) in [6.45, 7) is 4.28. The summed E-state index contributed by atoms with van der Waals surface area (Å²) in [5.74, 6) is 0.567. The van der Waals surface area contributed by atoms with Crippen molar-refractivity contribution in [3.63, 3.8) is 0 Å². The van der Waals surface area contributed by atoms with Gasteiger partial charge in [0.2, 0.25) is 0 Å². The van der Waals surface area contributed by atoms with Crippen LogP contribution in [0.5, 0.6) is 0 Å². The maximum Gasteiger partial charge on any atom is 0.440 e. The van der Waals surface area contributed by atoms with Gasteiger partial charge in [-0.05, 0) is 4.80 Å². The van der Waals surface area contributed by atoms with Crippen LogP contribution in [-0.2, 0) is 6.54 Å². The van der Waals surface area contributed by atoms with Gasteiger partial charge in [0.25, 0.3) is 0 Å². The van der Waals surface area contributed by atoms with E-state index >= 15 is 0 Å². The van der Waals surface area contributed by atoms with Crippen LogP contribution in [0.15, 0.2) is 79.4 Å². The van der Waals surface area contributed by atoms with Crippen molar-refractivity contribution >= 4 is 5.78 Å². The Labute approximate surface area is 168 Å². The highest BCUT2D eigenvalue weighted by atomic mass is 35.7. The molecule has 4 rings (SSSR count). The van der Waals surface area contributed by atoms with Crippen molar-refractivity contribution in [1.29, 1.82) is 0 Å². The highest BCUT2D eigenvalue weighted by Gasteiger charge is 2.20. The lowest BCUT2D eigenvalue weighted by atomic mass is 10.1. The molecule has 2 heterocycles. The molecule has 0 atom stereocenters. The summed E-state index contributed by atoms with van der Waals surface area (Å²) in [5.41, 5.74) is 3.95. The molecule has 148 valence electrons. The fraction of sp³-hybridized carbons (Fsp3) is 0.0526. The first-order valence-electron chi connectivity index (χ1n) is 8.37. The lowest BCUT2D eigenvalue weighted by molar-refractivity contribution is -2.00. The average molecular weight is 414 g/mol. The Hall–Kier alpha value is -3.21. The van der Waals surface area contributed by atoms with Gasteiger partial charge in [-0.25, -0.2) is 18.6 Å². The molecule has 9 nitrogen and oxygen atoms in total. The lowest BCUT2D eigenvalue weighted by Gasteiger charge is -2.17. The van der Waals surface area contributed by atoms with Crippen molar-refractivity contribution in [2.45, 2.75) is 6.54 Å². The number of rotatable bonds is 4. The minimum absolute atomic E-state index is 0.540. The van der Waals surface area contributed by atoms with Gasteiger partial charge in [0.15, 0.2) is 0 Å². The van der Waals surface area contributed by atoms with Crippen molar-refractivity contribution in [3.8, 4) is 22.5 Å². The van der Waals surface area contributed by atoms with Gasteiger partial charge in [0, 0.05) is 22.4 Å². The third-order valence-corrected chi connectivity index (χ3v) is 3.74. The normalized spacial score (nSPS) is 11.0. The molecular formula is C19H16ClN5O4. The Morgan fingerprint density at radius 3 is 2.03 bits per heavy atom. The number of nitrogens with zero attached hydrogens (tertiary/aromatic N) is 5. The molecule has 0 spiro atoms. The number of allylic oxidation sites excluding steroid dienone is 1. The number of tetrazole rings is 1. The summed E-state index contributed by atoms with van der Waals surface area (Å²) in [4.78, 5) is 6.26. The maximum absolute atomic E-state index is 8.49. The highest BCUT2D eigenvalue weighted by Crippen LogP contribution is 2.22. The van der Waals surface area contributed by atoms with Crippen LogP contribution in [0.4, 0.5) is 0 Å². The molecule has 0 radical (unpaired) electrons. The van der Waals surface area contributed by atoms with Gasteiger partial charge in [-0.1, -0.05) is 76.2 Å². The fourth-order valence-corrected chi connectivity index (χ4v) is 2.63. The SMILES string of the molecule is C=CCn1nc2nc(-c3ccccc3)cc(-c3ccccc3)[n+]2n1.[O-][Cl+3]([O-])([O-])[O-]. The molecule has 0 unspecified atom stereocenters. The summed E-state index contributed by atoms with van der Waals surface area (Å²) < 4.78 is 35.7. The molecule has 0 fully saturated rings. The van der Waals surface area contributed by atoms with E-state index in [1.807, 2.05) is 54.6 Å². The molecule has 0 amide bonds. The van der Waals surface area contributed by atoms with Gasteiger partial charge in [0.1, 0.15) is 17.9 Å². The first-order chi connectivity index (χ1) is 13.8. The summed E-state index contributed by atoms with van der Waals surface area (Å²) in [6, 6.07) is 22.3. The zero-order valence-electron chi connectivity index (χ0n) is 15.1. The van der Waals surface area contributed by atoms with E-state index in [4.69, 9.17) is 18.6 Å². The summed E-state index contributed by atoms with van der Waals surface area (Å²) in [6.07, 6.45) is 1.76. The van der Waals surface area contributed by atoms with Gasteiger partial charge in [-0.15, -0.1) is 16.8 Å². The van der Waals surface area contributed by atoms with E-state index in [0.29, 0.717) is 12.3 Å². The van der Waals surface area contributed by atoms with E-state index in [1.165, 1.54) is 0 Å². The zero-order valence-corrected chi connectivity index (χ0v) is 15.8. The predicted octanol–water partition coefficient (Wildman–Crippen LogP) is -1.82. The standard InChI is InChI=1S/C19H16N5.ClHO4/c1-2-13-23-21-19-20-17(15-9-5-3-6-10-15)14-18(24(19)22-23)16-11-7-4-8-12-16;2-1(3,4)5/h2-12,14H,1,13H2;(H,2,3,4,5)/q+1;/p-1. The van der Waals surface area contributed by atoms with E-state index in [1.54, 1.807) is 15.4 Å². The van der Waals surface area contributed by atoms with Crippen molar-refractivity contribution < 1.29 is 33.4 Å². The molecule has 0 aliphatic rings. The predicted molar refractivity (Wildman–Crippen MR) is 92.0 cm³/mol. The van der Waals surface area contributed by atoms with E-state index in [0.717, 1.165) is 22.5 Å². The maximum atomic E-state index is 8.49. The molecule has 2 aromatic heterocycles. The minimum atomic E-state index is -4.94. The smallest absolute Gasteiger partial charge is 0.222 e. The van der Waals surface area contributed by atoms with Crippen molar-refractivity contribution in [3.05, 3.63) is 79.4 Å². The van der Waals surface area contributed by atoms with Crippen LogP contribution >= 0.6 is 0 Å². The van der Waals surface area contributed by atoms with Gasteiger partial charge in [-0.2, -0.15) is 0 Å². The Morgan fingerprint density at radius 2 is 1.48 bits per heavy atom. The molecule has 0 bridgehead atoms. The first-order valence-corrected chi connectivity index (χ1v) is 9.60. The van der Waals surface area contributed by atoms with Crippen LogP contribution in [-0.4, -0.2) is 20.1 Å². The fourth-order valence-electron chi connectivity index (χ4n) is 2.63. The quantitative estimate of drug-likeness (QED) is 0.283. The molecule has 0 N–H and O–H groups in total. The van der Waals surface area contributed by atoms with Gasteiger partial charge < -0.3 is 0 Å². The topological polar surface area (TPSA) is 140 Å². The van der Waals surface area contributed by atoms with E-state index in [-0.39, 0.29) is 0 Å². The molecule has 0 aliphatic heterocycles. The Balaban J connectivity index is 0.000000431. The van der Waals surface area contributed by atoms with Crippen LogP contribution in [0, 0.1) is 10.2 Å². The molecular weight excluding hydrogens is 398 g/mol. The summed E-state index contributed by atoms with van der Waals surface area (Å²) in [5, 5.41) is 8.96. The van der Waals surface area contributed by atoms with E-state index in [9.17, 15) is 0 Å². The van der Waals surface area contributed by atoms with Crippen LogP contribution in [0.1, 0.15) is 0 Å². The van der Waals surface area contributed by atoms with Crippen molar-refractivity contribution in [2.24, 2.45) is 0 Å². The average Bonchev–Trinajstić information content (AvgIpc) is 3.10. The number of hydrogen-bond donors (Lipinski definition) is 0. The molecule has 2 aromatic carbocycles. The van der Waals surface area contributed by atoms with E-state index in [2.05, 4.69) is 34.0 Å². The third kappa shape index (κ3) is 5.64. The molecule has 0 saturated carbocycles. The molecule has 0 aliphatic carbocycles. The second kappa shape index (κ2) is 8.86. The molecule has 4 aromatic rings. The minimum Gasteiger partial charge on any atom is -0.222 e. The van der Waals surface area contributed by atoms with Crippen LogP contribution in [0.25, 0.3) is 28.3 Å². The summed E-state index contributed by atoms with van der Waals surface area (Å²) in [7, 11) is -4.94. The number of halogens is 1. The van der Waals surface area contributed by atoms with E-state index < -0.39 is 10.2 Å². The van der Waals surface area contributed by atoms with Crippen LogP contribution in [0.2, 0.25) is 0 Å². The highest BCUT2D eigenvalue weighted by molar-refractivity contribution is 5.66. The first kappa shape index (κ1) is 20.5. The van der Waals surface area contributed by atoms with Crippen LogP contribution < -0.4 is 23.2 Å². The van der Waals surface area contributed by atoms with Gasteiger partial charge in [-0.3, -0.25) is 0 Å². The lowest BCUT2D eigenvalue weighted by Crippen LogP contribution is -2.68. The number of benzene rings is 2. The molecule has 0 saturated heterocycles. The number of aromatic nitrogens is 5. The van der Waals surface area contributed by atoms with Gasteiger partial charge >= 0.3 is 5.78 Å². The largest absolute Gasteiger partial charge is 0.440 e. The van der Waals surface area contributed by atoms with Crippen LogP contribution in [0.3, 0.4) is 0 Å². The number of hydrogen-bond acceptors (Lipinski definition) is 7.